The number of carbonyl (C=O) groups excluding carboxylic acids is 1. The van der Waals surface area contributed by atoms with Crippen molar-refractivity contribution in [3.8, 4) is 0 Å². The SMILES string of the molecule is CCCCNC(=S)C(=O)Nc1ccccc1. The highest BCUT2D eigenvalue weighted by Gasteiger charge is 2.07. The Morgan fingerprint density at radius 3 is 2.62 bits per heavy atom. The van der Waals surface area contributed by atoms with Gasteiger partial charge in [0.15, 0.2) is 4.99 Å². The number of para-hydroxylation sites is 1. The molecule has 86 valence electrons. The topological polar surface area (TPSA) is 41.1 Å². The van der Waals surface area contributed by atoms with E-state index in [1.807, 2.05) is 30.3 Å². The van der Waals surface area contributed by atoms with E-state index in [1.165, 1.54) is 0 Å². The van der Waals surface area contributed by atoms with Crippen molar-refractivity contribution in [2.75, 3.05) is 11.9 Å². The van der Waals surface area contributed by atoms with Gasteiger partial charge in [-0.15, -0.1) is 0 Å². The van der Waals surface area contributed by atoms with Crippen LogP contribution in [-0.2, 0) is 4.79 Å². The van der Waals surface area contributed by atoms with Crippen LogP contribution in [0.25, 0.3) is 0 Å². The van der Waals surface area contributed by atoms with Gasteiger partial charge in [0.2, 0.25) is 0 Å². The van der Waals surface area contributed by atoms with E-state index in [4.69, 9.17) is 12.2 Å². The van der Waals surface area contributed by atoms with Crippen molar-refractivity contribution in [2.45, 2.75) is 19.8 Å². The highest BCUT2D eigenvalue weighted by Crippen LogP contribution is 2.04. The van der Waals surface area contributed by atoms with Gasteiger partial charge in [0.05, 0.1) is 0 Å². The summed E-state index contributed by atoms with van der Waals surface area (Å²) in [6.07, 6.45) is 2.09. The molecule has 0 saturated carbocycles. The van der Waals surface area contributed by atoms with Gasteiger partial charge in [-0.3, -0.25) is 4.79 Å². The quantitative estimate of drug-likeness (QED) is 0.623. The molecular weight excluding hydrogens is 220 g/mol. The molecule has 0 atom stereocenters. The predicted octanol–water partition coefficient (Wildman–Crippen LogP) is 2.34. The summed E-state index contributed by atoms with van der Waals surface area (Å²) < 4.78 is 0. The van der Waals surface area contributed by atoms with Crippen LogP contribution < -0.4 is 10.6 Å². The van der Waals surface area contributed by atoms with Gasteiger partial charge in [0.1, 0.15) is 0 Å². The molecule has 0 radical (unpaired) electrons. The minimum absolute atomic E-state index is 0.248. The Morgan fingerprint density at radius 1 is 1.31 bits per heavy atom. The van der Waals surface area contributed by atoms with Gasteiger partial charge in [-0.1, -0.05) is 43.8 Å². The average Bonchev–Trinajstić information content (AvgIpc) is 2.30. The summed E-state index contributed by atoms with van der Waals surface area (Å²) in [5, 5.41) is 5.65. The van der Waals surface area contributed by atoms with Crippen LogP contribution in [0.15, 0.2) is 30.3 Å². The normalized spacial score (nSPS) is 9.56. The van der Waals surface area contributed by atoms with Crippen LogP contribution in [0, 0.1) is 0 Å². The third kappa shape index (κ3) is 4.40. The summed E-state index contributed by atoms with van der Waals surface area (Å²) in [7, 11) is 0. The molecule has 1 rings (SSSR count). The molecule has 0 saturated heterocycles. The Bertz CT molecular complexity index is 351. The summed E-state index contributed by atoms with van der Waals surface area (Å²) in [6, 6.07) is 9.28. The molecule has 16 heavy (non-hydrogen) atoms. The maximum Gasteiger partial charge on any atom is 0.283 e. The summed E-state index contributed by atoms with van der Waals surface area (Å²) in [5.41, 5.74) is 0.757. The van der Waals surface area contributed by atoms with Gasteiger partial charge in [-0.25, -0.2) is 0 Å². The number of anilines is 1. The lowest BCUT2D eigenvalue weighted by molar-refractivity contribution is -0.110. The number of hydrogen-bond donors (Lipinski definition) is 2. The van der Waals surface area contributed by atoms with E-state index in [2.05, 4.69) is 17.6 Å². The van der Waals surface area contributed by atoms with Crippen molar-refractivity contribution in [2.24, 2.45) is 0 Å². The molecule has 2 N–H and O–H groups in total. The molecule has 1 aromatic carbocycles. The van der Waals surface area contributed by atoms with E-state index >= 15 is 0 Å². The fourth-order valence-corrected chi connectivity index (χ4v) is 1.32. The Hall–Kier alpha value is -1.42. The summed E-state index contributed by atoms with van der Waals surface area (Å²) in [5.74, 6) is -0.252. The van der Waals surface area contributed by atoms with Crippen molar-refractivity contribution in [3.63, 3.8) is 0 Å². The van der Waals surface area contributed by atoms with Crippen LogP contribution >= 0.6 is 12.2 Å². The van der Waals surface area contributed by atoms with E-state index in [0.29, 0.717) is 0 Å². The maximum absolute atomic E-state index is 11.6. The molecule has 0 unspecified atom stereocenters. The fourth-order valence-electron chi connectivity index (χ4n) is 1.17. The first-order valence-corrected chi connectivity index (χ1v) is 5.79. The minimum Gasteiger partial charge on any atom is -0.372 e. The summed E-state index contributed by atoms with van der Waals surface area (Å²) in [4.78, 5) is 11.8. The fraction of sp³-hybridized carbons (Fsp3) is 0.333. The van der Waals surface area contributed by atoms with E-state index in [-0.39, 0.29) is 10.9 Å². The third-order valence-electron chi connectivity index (χ3n) is 2.05. The van der Waals surface area contributed by atoms with Gasteiger partial charge in [0.25, 0.3) is 5.91 Å². The second kappa shape index (κ2) is 6.95. The second-order valence-corrected chi connectivity index (χ2v) is 3.84. The van der Waals surface area contributed by atoms with Crippen molar-refractivity contribution in [1.29, 1.82) is 0 Å². The van der Waals surface area contributed by atoms with E-state index < -0.39 is 0 Å². The van der Waals surface area contributed by atoms with Crippen molar-refractivity contribution >= 4 is 28.8 Å². The number of rotatable bonds is 4. The molecule has 0 spiro atoms. The molecule has 0 aromatic heterocycles. The molecule has 0 fully saturated rings. The first-order chi connectivity index (χ1) is 7.74. The third-order valence-corrected chi connectivity index (χ3v) is 2.38. The molecule has 0 heterocycles. The molecule has 0 aliphatic carbocycles. The zero-order chi connectivity index (χ0) is 11.8. The number of hydrogen-bond acceptors (Lipinski definition) is 2. The molecule has 0 bridgehead atoms. The van der Waals surface area contributed by atoms with Crippen molar-refractivity contribution in [1.82, 2.24) is 5.32 Å². The zero-order valence-corrected chi connectivity index (χ0v) is 10.1. The van der Waals surface area contributed by atoms with Crippen molar-refractivity contribution < 1.29 is 4.79 Å². The monoisotopic (exact) mass is 236 g/mol. The lowest BCUT2D eigenvalue weighted by Crippen LogP contribution is -2.34. The van der Waals surface area contributed by atoms with Gasteiger partial charge in [-0.2, -0.15) is 0 Å². The van der Waals surface area contributed by atoms with Crippen LogP contribution in [0.5, 0.6) is 0 Å². The number of thiocarbonyl (C=S) groups is 1. The average molecular weight is 236 g/mol. The first kappa shape index (κ1) is 12.6. The van der Waals surface area contributed by atoms with Crippen molar-refractivity contribution in [3.05, 3.63) is 30.3 Å². The number of unbranched alkanes of at least 4 members (excludes halogenated alkanes) is 1. The van der Waals surface area contributed by atoms with Gasteiger partial charge in [-0.05, 0) is 18.6 Å². The second-order valence-electron chi connectivity index (χ2n) is 3.43. The summed E-state index contributed by atoms with van der Waals surface area (Å²) in [6.45, 7) is 2.84. The van der Waals surface area contributed by atoms with Crippen LogP contribution in [-0.4, -0.2) is 17.4 Å². The molecule has 4 heteroatoms. The van der Waals surface area contributed by atoms with Crippen LogP contribution in [0.1, 0.15) is 19.8 Å². The molecule has 1 amide bonds. The predicted molar refractivity (Wildman–Crippen MR) is 70.6 cm³/mol. The largest absolute Gasteiger partial charge is 0.372 e. The van der Waals surface area contributed by atoms with Crippen LogP contribution in [0.2, 0.25) is 0 Å². The van der Waals surface area contributed by atoms with Crippen LogP contribution in [0.3, 0.4) is 0 Å². The Labute approximate surface area is 101 Å². The van der Waals surface area contributed by atoms with E-state index in [9.17, 15) is 4.79 Å². The summed E-state index contributed by atoms with van der Waals surface area (Å²) >= 11 is 4.97. The lowest BCUT2D eigenvalue weighted by Gasteiger charge is -2.07. The van der Waals surface area contributed by atoms with Gasteiger partial charge in [0, 0.05) is 12.2 Å². The Morgan fingerprint density at radius 2 is 2.00 bits per heavy atom. The minimum atomic E-state index is -0.252. The number of amides is 1. The molecule has 0 aliphatic rings. The van der Waals surface area contributed by atoms with Gasteiger partial charge < -0.3 is 10.6 Å². The Balaban J connectivity index is 2.38. The Kier molecular flexibility index (Phi) is 5.50. The standard InChI is InChI=1S/C12H16N2OS/c1-2-3-9-13-12(16)11(15)14-10-7-5-4-6-8-10/h4-8H,2-3,9H2,1H3,(H,13,16)(H,14,15). The van der Waals surface area contributed by atoms with Crippen LogP contribution in [0.4, 0.5) is 5.69 Å². The molecule has 3 nitrogen and oxygen atoms in total. The number of carbonyl (C=O) groups is 1. The molecule has 0 aliphatic heterocycles. The highest BCUT2D eigenvalue weighted by molar-refractivity contribution is 7.82. The maximum atomic E-state index is 11.6. The first-order valence-electron chi connectivity index (χ1n) is 5.38. The smallest absolute Gasteiger partial charge is 0.283 e. The van der Waals surface area contributed by atoms with E-state index in [0.717, 1.165) is 25.1 Å². The lowest BCUT2D eigenvalue weighted by atomic mass is 10.3. The number of nitrogens with one attached hydrogen (secondary N) is 2. The molecular formula is C12H16N2OS. The van der Waals surface area contributed by atoms with E-state index in [1.54, 1.807) is 0 Å². The zero-order valence-electron chi connectivity index (χ0n) is 9.32. The van der Waals surface area contributed by atoms with Gasteiger partial charge >= 0.3 is 0 Å². The molecule has 1 aromatic rings. The number of benzene rings is 1. The highest BCUT2D eigenvalue weighted by atomic mass is 32.1.